The summed E-state index contributed by atoms with van der Waals surface area (Å²) in [6.07, 6.45) is 5.10. The maximum Gasteiger partial charge on any atom is 0.233 e. The van der Waals surface area contributed by atoms with Crippen LogP contribution in [0.5, 0.6) is 0 Å². The number of amides is 1. The molecule has 82 valence electrons. The van der Waals surface area contributed by atoms with Crippen molar-refractivity contribution in [3.63, 3.8) is 0 Å². The van der Waals surface area contributed by atoms with E-state index in [9.17, 15) is 4.79 Å². The number of hydrogen-bond donors (Lipinski definition) is 2. The molecule has 0 aromatic rings. The van der Waals surface area contributed by atoms with Gasteiger partial charge in [-0.1, -0.05) is 19.8 Å². The lowest BCUT2D eigenvalue weighted by Gasteiger charge is -2.19. The molecule has 1 amide bonds. The van der Waals surface area contributed by atoms with Crippen molar-refractivity contribution in [1.82, 2.24) is 10.6 Å². The zero-order valence-electron chi connectivity index (χ0n) is 9.31. The fourth-order valence-electron chi connectivity index (χ4n) is 2.28. The molecular formula is C11H22N2O. The van der Waals surface area contributed by atoms with Gasteiger partial charge in [-0.15, -0.1) is 0 Å². The van der Waals surface area contributed by atoms with E-state index in [0.29, 0.717) is 12.6 Å². The van der Waals surface area contributed by atoms with Crippen LogP contribution in [0.1, 0.15) is 39.5 Å². The van der Waals surface area contributed by atoms with E-state index in [1.165, 1.54) is 25.7 Å². The summed E-state index contributed by atoms with van der Waals surface area (Å²) in [6, 6.07) is 0.572. The van der Waals surface area contributed by atoms with Gasteiger partial charge in [0, 0.05) is 12.6 Å². The second kappa shape index (κ2) is 6.02. The van der Waals surface area contributed by atoms with E-state index in [0.717, 1.165) is 12.5 Å². The van der Waals surface area contributed by atoms with Crippen molar-refractivity contribution >= 4 is 5.91 Å². The highest BCUT2D eigenvalue weighted by Crippen LogP contribution is 2.27. The molecular weight excluding hydrogens is 176 g/mol. The predicted octanol–water partition coefficient (Wildman–Crippen LogP) is 1.29. The Morgan fingerprint density at radius 3 is 2.79 bits per heavy atom. The Kier molecular flexibility index (Phi) is 4.94. The highest BCUT2D eigenvalue weighted by molar-refractivity contribution is 5.77. The van der Waals surface area contributed by atoms with Crippen LogP contribution in [0.15, 0.2) is 0 Å². The van der Waals surface area contributed by atoms with Gasteiger partial charge in [-0.3, -0.25) is 4.79 Å². The van der Waals surface area contributed by atoms with Crippen molar-refractivity contribution in [2.45, 2.75) is 45.6 Å². The van der Waals surface area contributed by atoms with Gasteiger partial charge >= 0.3 is 0 Å². The van der Waals surface area contributed by atoms with Crippen molar-refractivity contribution in [2.24, 2.45) is 5.92 Å². The van der Waals surface area contributed by atoms with Gasteiger partial charge in [0.15, 0.2) is 0 Å². The average molecular weight is 198 g/mol. The van der Waals surface area contributed by atoms with Gasteiger partial charge in [0.05, 0.1) is 6.54 Å². The van der Waals surface area contributed by atoms with Crippen molar-refractivity contribution in [1.29, 1.82) is 0 Å². The monoisotopic (exact) mass is 198 g/mol. The Hall–Kier alpha value is -0.570. The maximum absolute atomic E-state index is 11.2. The molecule has 2 N–H and O–H groups in total. The van der Waals surface area contributed by atoms with E-state index < -0.39 is 0 Å². The second-order valence-corrected chi connectivity index (χ2v) is 4.04. The molecule has 0 aromatic heterocycles. The van der Waals surface area contributed by atoms with Crippen LogP contribution in [0.4, 0.5) is 0 Å². The van der Waals surface area contributed by atoms with Crippen LogP contribution < -0.4 is 10.6 Å². The second-order valence-electron chi connectivity index (χ2n) is 4.04. The van der Waals surface area contributed by atoms with Crippen LogP contribution in [0.3, 0.4) is 0 Å². The summed E-state index contributed by atoms with van der Waals surface area (Å²) in [5.74, 6) is 0.902. The van der Waals surface area contributed by atoms with Crippen molar-refractivity contribution in [2.75, 3.05) is 13.1 Å². The minimum atomic E-state index is 0.120. The number of likely N-dealkylation sites (N-methyl/N-ethyl adjacent to an activating group) is 1. The van der Waals surface area contributed by atoms with Gasteiger partial charge in [-0.25, -0.2) is 0 Å². The lowest BCUT2D eigenvalue weighted by Crippen LogP contribution is -2.40. The Labute approximate surface area is 86.6 Å². The number of carbonyl (C=O) groups excluding carboxylic acids is 1. The molecule has 0 aromatic carbocycles. The van der Waals surface area contributed by atoms with Crippen LogP contribution in [0.25, 0.3) is 0 Å². The molecule has 14 heavy (non-hydrogen) atoms. The normalized spacial score (nSPS) is 26.4. The van der Waals surface area contributed by atoms with Crippen LogP contribution in [-0.4, -0.2) is 25.0 Å². The van der Waals surface area contributed by atoms with Gasteiger partial charge in [0.2, 0.25) is 5.91 Å². The van der Waals surface area contributed by atoms with Gasteiger partial charge in [0.25, 0.3) is 0 Å². The molecule has 2 atom stereocenters. The number of hydrogen-bond acceptors (Lipinski definition) is 2. The van der Waals surface area contributed by atoms with Crippen molar-refractivity contribution in [3.8, 4) is 0 Å². The molecule has 1 aliphatic carbocycles. The zero-order chi connectivity index (χ0) is 10.4. The smallest absolute Gasteiger partial charge is 0.233 e. The van der Waals surface area contributed by atoms with Gasteiger partial charge in [-0.05, 0) is 25.7 Å². The summed E-state index contributed by atoms with van der Waals surface area (Å²) < 4.78 is 0. The van der Waals surface area contributed by atoms with E-state index in [2.05, 4.69) is 17.6 Å². The summed E-state index contributed by atoms with van der Waals surface area (Å²) in [7, 11) is 0. The molecule has 0 spiro atoms. The van der Waals surface area contributed by atoms with Crippen molar-refractivity contribution < 1.29 is 4.79 Å². The zero-order valence-corrected chi connectivity index (χ0v) is 9.31. The lowest BCUT2D eigenvalue weighted by molar-refractivity contribution is -0.120. The molecule has 3 heteroatoms. The molecule has 0 radical (unpaired) electrons. The van der Waals surface area contributed by atoms with E-state index >= 15 is 0 Å². The van der Waals surface area contributed by atoms with Gasteiger partial charge < -0.3 is 10.6 Å². The third kappa shape index (κ3) is 3.29. The summed E-state index contributed by atoms with van der Waals surface area (Å²) in [6.45, 7) is 5.39. The number of nitrogens with one attached hydrogen (secondary N) is 2. The molecule has 1 fully saturated rings. The highest BCUT2D eigenvalue weighted by atomic mass is 16.1. The summed E-state index contributed by atoms with van der Waals surface area (Å²) in [4.78, 5) is 11.2. The summed E-state index contributed by atoms with van der Waals surface area (Å²) >= 11 is 0. The quantitative estimate of drug-likeness (QED) is 0.699. The van der Waals surface area contributed by atoms with E-state index in [-0.39, 0.29) is 5.91 Å². The SMILES string of the molecule is CCNC(=O)CNC1CCCC1CC. The third-order valence-electron chi connectivity index (χ3n) is 3.08. The molecule has 0 saturated heterocycles. The molecule has 2 unspecified atom stereocenters. The molecule has 0 aliphatic heterocycles. The first-order valence-electron chi connectivity index (χ1n) is 5.78. The minimum absolute atomic E-state index is 0.120. The largest absolute Gasteiger partial charge is 0.355 e. The van der Waals surface area contributed by atoms with Gasteiger partial charge in [-0.2, -0.15) is 0 Å². The van der Waals surface area contributed by atoms with E-state index in [4.69, 9.17) is 0 Å². The Morgan fingerprint density at radius 2 is 2.14 bits per heavy atom. The van der Waals surface area contributed by atoms with Crippen LogP contribution in [0.2, 0.25) is 0 Å². The van der Waals surface area contributed by atoms with Gasteiger partial charge in [0.1, 0.15) is 0 Å². The standard InChI is InChI=1S/C11H22N2O/c1-3-9-6-5-7-10(9)13-8-11(14)12-4-2/h9-10,13H,3-8H2,1-2H3,(H,12,14). The highest BCUT2D eigenvalue weighted by Gasteiger charge is 2.25. The fraction of sp³-hybridized carbons (Fsp3) is 0.909. The first-order chi connectivity index (χ1) is 6.77. The first-order valence-corrected chi connectivity index (χ1v) is 5.78. The first kappa shape index (κ1) is 11.5. The molecule has 0 bridgehead atoms. The summed E-state index contributed by atoms with van der Waals surface area (Å²) in [5, 5.41) is 6.16. The molecule has 0 heterocycles. The number of carbonyl (C=O) groups is 1. The maximum atomic E-state index is 11.2. The molecule has 1 rings (SSSR count). The Bertz CT molecular complexity index is 182. The van der Waals surface area contributed by atoms with Crippen molar-refractivity contribution in [3.05, 3.63) is 0 Å². The Morgan fingerprint density at radius 1 is 1.36 bits per heavy atom. The Balaban J connectivity index is 2.20. The fourth-order valence-corrected chi connectivity index (χ4v) is 2.28. The lowest BCUT2D eigenvalue weighted by atomic mass is 10.0. The minimum Gasteiger partial charge on any atom is -0.355 e. The molecule has 1 saturated carbocycles. The number of rotatable bonds is 5. The van der Waals surface area contributed by atoms with Crippen LogP contribution >= 0.6 is 0 Å². The third-order valence-corrected chi connectivity index (χ3v) is 3.08. The van der Waals surface area contributed by atoms with E-state index in [1.807, 2.05) is 6.92 Å². The summed E-state index contributed by atoms with van der Waals surface area (Å²) in [5.41, 5.74) is 0. The molecule has 3 nitrogen and oxygen atoms in total. The molecule has 1 aliphatic rings. The van der Waals surface area contributed by atoms with Crippen LogP contribution in [0, 0.1) is 5.92 Å². The topological polar surface area (TPSA) is 41.1 Å². The average Bonchev–Trinajstić information content (AvgIpc) is 2.62. The van der Waals surface area contributed by atoms with E-state index in [1.54, 1.807) is 0 Å². The van der Waals surface area contributed by atoms with Crippen LogP contribution in [-0.2, 0) is 4.79 Å². The predicted molar refractivity (Wildman–Crippen MR) is 58.1 cm³/mol.